The molecule has 39 heavy (non-hydrogen) atoms. The molecule has 0 aromatic heterocycles. The number of amides is 2. The Labute approximate surface area is 237 Å². The van der Waals surface area contributed by atoms with E-state index >= 15 is 0 Å². The fourth-order valence-electron chi connectivity index (χ4n) is 4.91. The van der Waals surface area contributed by atoms with Crippen molar-refractivity contribution in [2.75, 3.05) is 24.2 Å². The Morgan fingerprint density at radius 2 is 1.77 bits per heavy atom. The number of ether oxygens (including phenoxy) is 1. The van der Waals surface area contributed by atoms with Crippen molar-refractivity contribution in [3.63, 3.8) is 0 Å². The van der Waals surface area contributed by atoms with E-state index in [1.165, 1.54) is 10.7 Å². The van der Waals surface area contributed by atoms with Crippen LogP contribution in [0.1, 0.15) is 63.0 Å². The maximum atomic E-state index is 13.5. The smallest absolute Gasteiger partial charge is 0.242 e. The summed E-state index contributed by atoms with van der Waals surface area (Å²) in [4.78, 5) is 28.3. The molecule has 2 aromatic rings. The molecule has 10 heteroatoms. The molecule has 1 N–H and O–H groups in total. The van der Waals surface area contributed by atoms with Crippen LogP contribution >= 0.6 is 11.6 Å². The Morgan fingerprint density at radius 1 is 1.10 bits per heavy atom. The molecular weight excluding hydrogens is 538 g/mol. The molecule has 0 heterocycles. The standard InChI is InChI=1S/C29H40ClN3O5S/c1-21-12-15-24(30)19-27(21)33(39(4,36)37)18-8-11-28(34)32(20-23-13-16-26(38-3)17-14-23)22(2)29(35)31-25-9-6-5-7-10-25/h12-17,19,22,25H,5-11,18,20H2,1-4H3,(H,31,35)/t22-/m0/s1. The summed E-state index contributed by atoms with van der Waals surface area (Å²) < 4.78 is 31.7. The molecule has 1 aliphatic carbocycles. The number of hydrogen-bond donors (Lipinski definition) is 1. The van der Waals surface area contributed by atoms with Gasteiger partial charge in [0.2, 0.25) is 21.8 Å². The minimum absolute atomic E-state index is 0.0861. The second-order valence-corrected chi connectivity index (χ2v) is 12.6. The van der Waals surface area contributed by atoms with Crippen LogP contribution in [0.2, 0.25) is 5.02 Å². The van der Waals surface area contributed by atoms with Crippen LogP contribution in [0.15, 0.2) is 42.5 Å². The number of aryl methyl sites for hydroxylation is 1. The van der Waals surface area contributed by atoms with Crippen molar-refractivity contribution in [1.29, 1.82) is 0 Å². The molecule has 214 valence electrons. The minimum Gasteiger partial charge on any atom is -0.497 e. The molecule has 3 rings (SSSR count). The van der Waals surface area contributed by atoms with Crippen LogP contribution in [-0.2, 0) is 26.2 Å². The normalized spacial score (nSPS) is 14.9. The van der Waals surface area contributed by atoms with E-state index in [-0.39, 0.29) is 43.8 Å². The zero-order valence-corrected chi connectivity index (χ0v) is 24.9. The fraction of sp³-hybridized carbons (Fsp3) is 0.517. The molecule has 1 saturated carbocycles. The van der Waals surface area contributed by atoms with E-state index in [1.807, 2.05) is 31.2 Å². The summed E-state index contributed by atoms with van der Waals surface area (Å²) in [5, 5.41) is 3.57. The van der Waals surface area contributed by atoms with Gasteiger partial charge in [0.15, 0.2) is 0 Å². The summed E-state index contributed by atoms with van der Waals surface area (Å²) >= 11 is 6.14. The van der Waals surface area contributed by atoms with Gasteiger partial charge in [0.1, 0.15) is 11.8 Å². The Balaban J connectivity index is 1.74. The molecule has 8 nitrogen and oxygen atoms in total. The summed E-state index contributed by atoms with van der Waals surface area (Å²) in [6, 6.07) is 11.9. The molecule has 0 bridgehead atoms. The van der Waals surface area contributed by atoms with Gasteiger partial charge >= 0.3 is 0 Å². The van der Waals surface area contributed by atoms with Crippen LogP contribution in [0.5, 0.6) is 5.75 Å². The summed E-state index contributed by atoms with van der Waals surface area (Å²) in [6.07, 6.45) is 6.79. The van der Waals surface area contributed by atoms with Crippen LogP contribution < -0.4 is 14.4 Å². The topological polar surface area (TPSA) is 96.0 Å². The Bertz CT molecular complexity index is 1230. The highest BCUT2D eigenvalue weighted by atomic mass is 35.5. The fourth-order valence-corrected chi connectivity index (χ4v) is 6.09. The van der Waals surface area contributed by atoms with Crippen LogP contribution in [0.25, 0.3) is 0 Å². The van der Waals surface area contributed by atoms with Crippen molar-refractivity contribution in [2.45, 2.75) is 77.4 Å². The first-order valence-corrected chi connectivity index (χ1v) is 15.7. The monoisotopic (exact) mass is 577 g/mol. The molecule has 1 atom stereocenters. The van der Waals surface area contributed by atoms with Gasteiger partial charge in [-0.1, -0.05) is 49.1 Å². The molecule has 0 radical (unpaired) electrons. The summed E-state index contributed by atoms with van der Waals surface area (Å²) in [5.41, 5.74) is 2.13. The number of methoxy groups -OCH3 is 1. The number of carbonyl (C=O) groups excluding carboxylic acids is 2. The molecular formula is C29H40ClN3O5S. The van der Waals surface area contributed by atoms with Gasteiger partial charge in [-0.05, 0) is 68.5 Å². The SMILES string of the molecule is COc1ccc(CN(C(=O)CCCN(c2cc(Cl)ccc2C)S(C)(=O)=O)[C@@H](C)C(=O)NC2CCCCC2)cc1. The van der Waals surface area contributed by atoms with Gasteiger partial charge in [0.05, 0.1) is 19.1 Å². The van der Waals surface area contributed by atoms with E-state index in [0.29, 0.717) is 16.5 Å². The number of anilines is 1. The molecule has 1 aliphatic rings. The summed E-state index contributed by atoms with van der Waals surface area (Å²) in [6.45, 7) is 3.94. The minimum atomic E-state index is -3.60. The van der Waals surface area contributed by atoms with E-state index in [9.17, 15) is 18.0 Å². The first-order chi connectivity index (χ1) is 18.5. The third kappa shape index (κ3) is 8.86. The molecule has 0 unspecified atom stereocenters. The van der Waals surface area contributed by atoms with E-state index < -0.39 is 16.1 Å². The Morgan fingerprint density at radius 3 is 2.38 bits per heavy atom. The van der Waals surface area contributed by atoms with Crippen molar-refractivity contribution in [2.24, 2.45) is 0 Å². The van der Waals surface area contributed by atoms with Crippen LogP contribution in [0.3, 0.4) is 0 Å². The second kappa shape index (κ2) is 14.0. The van der Waals surface area contributed by atoms with Crippen molar-refractivity contribution in [3.8, 4) is 5.75 Å². The number of nitrogens with one attached hydrogen (secondary N) is 1. The largest absolute Gasteiger partial charge is 0.497 e. The second-order valence-electron chi connectivity index (χ2n) is 10.3. The first kappa shape index (κ1) is 30.8. The average molecular weight is 578 g/mol. The zero-order valence-electron chi connectivity index (χ0n) is 23.3. The highest BCUT2D eigenvalue weighted by Gasteiger charge is 2.28. The molecule has 0 saturated heterocycles. The Hall–Kier alpha value is -2.78. The van der Waals surface area contributed by atoms with E-state index in [2.05, 4.69) is 5.32 Å². The highest BCUT2D eigenvalue weighted by Crippen LogP contribution is 2.27. The molecule has 0 aliphatic heterocycles. The van der Waals surface area contributed by atoms with E-state index in [1.54, 1.807) is 37.1 Å². The van der Waals surface area contributed by atoms with Crippen LogP contribution in [-0.4, -0.2) is 57.1 Å². The third-order valence-corrected chi connectivity index (χ3v) is 8.64. The predicted octanol–water partition coefficient (Wildman–Crippen LogP) is 5.07. The first-order valence-electron chi connectivity index (χ1n) is 13.5. The number of hydrogen-bond acceptors (Lipinski definition) is 5. The van der Waals surface area contributed by atoms with Gasteiger partial charge in [0, 0.05) is 30.6 Å². The molecule has 1 fully saturated rings. The van der Waals surface area contributed by atoms with Gasteiger partial charge in [-0.25, -0.2) is 8.42 Å². The van der Waals surface area contributed by atoms with Gasteiger partial charge in [0.25, 0.3) is 0 Å². The van der Waals surface area contributed by atoms with Crippen LogP contribution in [0.4, 0.5) is 5.69 Å². The predicted molar refractivity (Wildman–Crippen MR) is 156 cm³/mol. The van der Waals surface area contributed by atoms with Gasteiger partial charge in [-0.2, -0.15) is 0 Å². The molecule has 2 amide bonds. The van der Waals surface area contributed by atoms with Crippen molar-refractivity contribution in [3.05, 3.63) is 58.6 Å². The Kier molecular flexibility index (Phi) is 11.1. The summed E-state index contributed by atoms with van der Waals surface area (Å²) in [5.74, 6) is 0.321. The maximum absolute atomic E-state index is 13.5. The summed E-state index contributed by atoms with van der Waals surface area (Å²) in [7, 11) is -2.01. The van der Waals surface area contributed by atoms with Crippen LogP contribution in [0, 0.1) is 6.92 Å². The van der Waals surface area contributed by atoms with E-state index in [0.717, 1.165) is 43.1 Å². The molecule has 0 spiro atoms. The van der Waals surface area contributed by atoms with Gasteiger partial charge < -0.3 is 15.0 Å². The third-order valence-electron chi connectivity index (χ3n) is 7.22. The quantitative estimate of drug-likeness (QED) is 0.380. The highest BCUT2D eigenvalue weighted by molar-refractivity contribution is 7.92. The van der Waals surface area contributed by atoms with Crippen molar-refractivity contribution < 1.29 is 22.7 Å². The molecule has 2 aromatic carbocycles. The lowest BCUT2D eigenvalue weighted by atomic mass is 9.95. The average Bonchev–Trinajstić information content (AvgIpc) is 2.91. The zero-order chi connectivity index (χ0) is 28.6. The van der Waals surface area contributed by atoms with Crippen molar-refractivity contribution in [1.82, 2.24) is 10.2 Å². The van der Waals surface area contributed by atoms with Gasteiger partial charge in [-0.3, -0.25) is 13.9 Å². The number of nitrogens with zero attached hydrogens (tertiary/aromatic N) is 2. The lowest BCUT2D eigenvalue weighted by Crippen LogP contribution is -2.50. The number of rotatable bonds is 12. The number of sulfonamides is 1. The lowest BCUT2D eigenvalue weighted by Gasteiger charge is -2.31. The number of halogens is 1. The van der Waals surface area contributed by atoms with E-state index in [4.69, 9.17) is 16.3 Å². The number of benzene rings is 2. The number of carbonyl (C=O) groups is 2. The lowest BCUT2D eigenvalue weighted by molar-refractivity contribution is -0.141. The maximum Gasteiger partial charge on any atom is 0.242 e. The van der Waals surface area contributed by atoms with Gasteiger partial charge in [-0.15, -0.1) is 0 Å². The van der Waals surface area contributed by atoms with Crippen molar-refractivity contribution >= 4 is 39.1 Å².